The normalized spacial score (nSPS) is 14.4. The van der Waals surface area contributed by atoms with Gasteiger partial charge in [-0.1, -0.05) is 0 Å². The molecular weight excluding hydrogens is 380 g/mol. The van der Waals surface area contributed by atoms with Crippen LogP contribution in [-0.4, -0.2) is 67.6 Å². The average Bonchev–Trinajstić information content (AvgIpc) is 2.76. The van der Waals surface area contributed by atoms with Crippen molar-refractivity contribution in [3.8, 4) is 5.75 Å². The van der Waals surface area contributed by atoms with Crippen molar-refractivity contribution in [1.29, 1.82) is 0 Å². The number of hydrogen-bond donors (Lipinski definition) is 3. The van der Waals surface area contributed by atoms with Crippen LogP contribution in [0.15, 0.2) is 48.5 Å². The second-order valence-electron chi connectivity index (χ2n) is 7.53. The molecule has 3 rings (SSSR count). The van der Waals surface area contributed by atoms with Crippen molar-refractivity contribution >= 4 is 23.2 Å². The molecule has 160 valence electrons. The van der Waals surface area contributed by atoms with Crippen LogP contribution in [0.1, 0.15) is 24.2 Å². The molecule has 0 unspecified atom stereocenters. The van der Waals surface area contributed by atoms with Gasteiger partial charge in [0, 0.05) is 30.0 Å². The Morgan fingerprint density at radius 3 is 2.17 bits per heavy atom. The van der Waals surface area contributed by atoms with Gasteiger partial charge in [-0.05, 0) is 62.4 Å². The first-order chi connectivity index (χ1) is 14.5. The van der Waals surface area contributed by atoms with Gasteiger partial charge >= 0.3 is 0 Å². The average molecular weight is 412 g/mol. The van der Waals surface area contributed by atoms with E-state index in [2.05, 4.69) is 10.2 Å². The lowest BCUT2D eigenvalue weighted by Crippen LogP contribution is -3.15. The van der Waals surface area contributed by atoms with Crippen LogP contribution < -0.4 is 15.1 Å². The van der Waals surface area contributed by atoms with E-state index in [0.29, 0.717) is 30.9 Å². The Bertz CT molecular complexity index is 840. The number of piperazine rings is 1. The molecule has 0 aliphatic carbocycles. The van der Waals surface area contributed by atoms with Gasteiger partial charge in [0.15, 0.2) is 6.54 Å². The Morgan fingerprint density at radius 2 is 1.60 bits per heavy atom. The lowest BCUT2D eigenvalue weighted by atomic mass is 10.1. The second kappa shape index (κ2) is 10.1. The summed E-state index contributed by atoms with van der Waals surface area (Å²) < 4.78 is 0. The van der Waals surface area contributed by atoms with Gasteiger partial charge in [0.2, 0.25) is 0 Å². The molecule has 1 heterocycles. The third kappa shape index (κ3) is 5.51. The molecule has 7 nitrogen and oxygen atoms in total. The minimum absolute atomic E-state index is 0.00817. The van der Waals surface area contributed by atoms with E-state index in [4.69, 9.17) is 0 Å². The largest absolute Gasteiger partial charge is 0.508 e. The molecule has 1 aliphatic rings. The summed E-state index contributed by atoms with van der Waals surface area (Å²) in [6, 6.07) is 14.3. The summed E-state index contributed by atoms with van der Waals surface area (Å²) in [6.45, 7) is 9.20. The molecule has 2 aromatic carbocycles. The van der Waals surface area contributed by atoms with E-state index in [9.17, 15) is 14.7 Å². The van der Waals surface area contributed by atoms with Gasteiger partial charge in [-0.2, -0.15) is 0 Å². The fourth-order valence-electron chi connectivity index (χ4n) is 3.74. The van der Waals surface area contributed by atoms with E-state index in [1.54, 1.807) is 41.3 Å². The number of anilines is 2. The Balaban J connectivity index is 1.47. The maximum Gasteiger partial charge on any atom is 0.279 e. The van der Waals surface area contributed by atoms with E-state index in [1.165, 1.54) is 4.90 Å². The molecule has 0 radical (unpaired) electrons. The summed E-state index contributed by atoms with van der Waals surface area (Å²) in [6.07, 6.45) is 0. The van der Waals surface area contributed by atoms with Gasteiger partial charge in [0.05, 0.1) is 26.2 Å². The molecule has 0 aromatic heterocycles. The first kappa shape index (κ1) is 21.6. The molecule has 1 aliphatic heterocycles. The van der Waals surface area contributed by atoms with Gasteiger partial charge < -0.3 is 25.1 Å². The minimum atomic E-state index is -0.0223. The molecular formula is C23H31N4O3+. The van der Waals surface area contributed by atoms with Crippen molar-refractivity contribution in [3.05, 3.63) is 54.1 Å². The van der Waals surface area contributed by atoms with Crippen molar-refractivity contribution in [3.63, 3.8) is 0 Å². The predicted octanol–water partition coefficient (Wildman–Crippen LogP) is 1.22. The minimum Gasteiger partial charge on any atom is -0.508 e. The highest BCUT2D eigenvalue weighted by molar-refractivity contribution is 5.96. The highest BCUT2D eigenvalue weighted by atomic mass is 16.3. The van der Waals surface area contributed by atoms with Gasteiger partial charge in [-0.15, -0.1) is 0 Å². The molecule has 0 atom stereocenters. The first-order valence-electron chi connectivity index (χ1n) is 10.6. The van der Waals surface area contributed by atoms with Gasteiger partial charge in [-0.3, -0.25) is 9.59 Å². The van der Waals surface area contributed by atoms with Crippen molar-refractivity contribution in [2.24, 2.45) is 0 Å². The number of nitrogens with zero attached hydrogens (tertiary/aromatic N) is 2. The number of hydrogen-bond acceptors (Lipinski definition) is 4. The standard InChI is InChI=1S/C23H30N4O3/c1-3-26(4-2)23(30)18-5-7-19(8-6-18)24-22(29)17-25-13-15-27(16-14-25)20-9-11-21(28)12-10-20/h5-12,28H,3-4,13-17H2,1-2H3,(H,24,29)/p+1. The van der Waals surface area contributed by atoms with Crippen molar-refractivity contribution in [2.75, 3.05) is 56.0 Å². The van der Waals surface area contributed by atoms with Crippen LogP contribution in [0.4, 0.5) is 11.4 Å². The number of rotatable bonds is 7. The number of quaternary nitrogens is 1. The smallest absolute Gasteiger partial charge is 0.279 e. The highest BCUT2D eigenvalue weighted by Gasteiger charge is 2.22. The molecule has 7 heteroatoms. The predicted molar refractivity (Wildman–Crippen MR) is 118 cm³/mol. The second-order valence-corrected chi connectivity index (χ2v) is 7.53. The molecule has 0 spiro atoms. The SMILES string of the molecule is CCN(CC)C(=O)c1ccc(NC(=O)C[NH+]2CCN(c3ccc(O)cc3)CC2)cc1. The fraction of sp³-hybridized carbons (Fsp3) is 0.391. The summed E-state index contributed by atoms with van der Waals surface area (Å²) in [5.41, 5.74) is 2.43. The zero-order chi connectivity index (χ0) is 21.5. The van der Waals surface area contributed by atoms with Crippen molar-refractivity contribution < 1.29 is 19.6 Å². The number of aromatic hydroxyl groups is 1. The number of phenols is 1. The molecule has 30 heavy (non-hydrogen) atoms. The van der Waals surface area contributed by atoms with E-state index >= 15 is 0 Å². The van der Waals surface area contributed by atoms with Crippen LogP contribution in [0.3, 0.4) is 0 Å². The summed E-state index contributed by atoms with van der Waals surface area (Å²) in [7, 11) is 0. The molecule has 1 fully saturated rings. The van der Waals surface area contributed by atoms with Crippen molar-refractivity contribution in [1.82, 2.24) is 4.90 Å². The lowest BCUT2D eigenvalue weighted by molar-refractivity contribution is -0.892. The number of carbonyl (C=O) groups excluding carboxylic acids is 2. The molecule has 3 N–H and O–H groups in total. The van der Waals surface area contributed by atoms with E-state index < -0.39 is 0 Å². The summed E-state index contributed by atoms with van der Waals surface area (Å²) >= 11 is 0. The van der Waals surface area contributed by atoms with Crippen LogP contribution in [0, 0.1) is 0 Å². The van der Waals surface area contributed by atoms with Crippen molar-refractivity contribution in [2.45, 2.75) is 13.8 Å². The summed E-state index contributed by atoms with van der Waals surface area (Å²) in [5, 5.41) is 12.4. The first-order valence-corrected chi connectivity index (χ1v) is 10.6. The van der Waals surface area contributed by atoms with Crippen LogP contribution >= 0.6 is 0 Å². The van der Waals surface area contributed by atoms with E-state index in [1.807, 2.05) is 26.0 Å². The summed E-state index contributed by atoms with van der Waals surface area (Å²) in [4.78, 5) is 30.1. The van der Waals surface area contributed by atoms with E-state index in [0.717, 1.165) is 31.9 Å². The molecule has 0 bridgehead atoms. The van der Waals surface area contributed by atoms with Gasteiger partial charge in [0.1, 0.15) is 5.75 Å². The zero-order valence-corrected chi connectivity index (χ0v) is 17.7. The zero-order valence-electron chi connectivity index (χ0n) is 17.7. The Hall–Kier alpha value is -3.06. The maximum absolute atomic E-state index is 12.4. The number of nitrogens with one attached hydrogen (secondary N) is 2. The molecule has 1 saturated heterocycles. The topological polar surface area (TPSA) is 77.3 Å². The highest BCUT2D eigenvalue weighted by Crippen LogP contribution is 2.18. The molecule has 2 amide bonds. The number of amides is 2. The Labute approximate surface area is 177 Å². The van der Waals surface area contributed by atoms with Crippen LogP contribution in [-0.2, 0) is 4.79 Å². The number of benzene rings is 2. The summed E-state index contributed by atoms with van der Waals surface area (Å²) in [5.74, 6) is 0.254. The fourth-order valence-corrected chi connectivity index (χ4v) is 3.74. The van der Waals surface area contributed by atoms with E-state index in [-0.39, 0.29) is 17.6 Å². The van der Waals surface area contributed by atoms with Gasteiger partial charge in [0.25, 0.3) is 11.8 Å². The van der Waals surface area contributed by atoms with Crippen LogP contribution in [0.5, 0.6) is 5.75 Å². The maximum atomic E-state index is 12.4. The number of carbonyl (C=O) groups is 2. The monoisotopic (exact) mass is 411 g/mol. The third-order valence-electron chi connectivity index (χ3n) is 5.56. The quantitative estimate of drug-likeness (QED) is 0.640. The van der Waals surface area contributed by atoms with Crippen LogP contribution in [0.2, 0.25) is 0 Å². The lowest BCUT2D eigenvalue weighted by Gasteiger charge is -2.33. The van der Waals surface area contributed by atoms with Crippen LogP contribution in [0.25, 0.3) is 0 Å². The van der Waals surface area contributed by atoms with Gasteiger partial charge in [-0.25, -0.2) is 0 Å². The Morgan fingerprint density at radius 1 is 1.00 bits per heavy atom. The third-order valence-corrected chi connectivity index (χ3v) is 5.56. The Kier molecular flexibility index (Phi) is 7.30. The number of phenolic OH excluding ortho intramolecular Hbond substituents is 1. The molecule has 2 aromatic rings. The molecule has 0 saturated carbocycles.